The molecule has 0 bridgehead atoms. The maximum Gasteiger partial charge on any atom is 0.0605 e. The van der Waals surface area contributed by atoms with Crippen molar-refractivity contribution in [2.24, 2.45) is 0 Å². The topological polar surface area (TPSA) is 37.4 Å². The van der Waals surface area contributed by atoms with Gasteiger partial charge in [-0.25, -0.2) is 0 Å². The summed E-state index contributed by atoms with van der Waals surface area (Å²) in [6.07, 6.45) is 7.69. The molecule has 0 saturated carbocycles. The van der Waals surface area contributed by atoms with Gasteiger partial charge in [-0.1, -0.05) is 6.92 Å². The van der Waals surface area contributed by atoms with Gasteiger partial charge in [0.15, 0.2) is 0 Å². The molecule has 4 nitrogen and oxygen atoms in total. The van der Waals surface area contributed by atoms with E-state index >= 15 is 0 Å². The van der Waals surface area contributed by atoms with Gasteiger partial charge in [-0.05, 0) is 31.9 Å². The number of hydrogen-bond acceptors (Lipinski definition) is 4. The quantitative estimate of drug-likeness (QED) is 0.798. The van der Waals surface area contributed by atoms with Crippen molar-refractivity contribution in [2.45, 2.75) is 38.8 Å². The summed E-state index contributed by atoms with van der Waals surface area (Å²) in [6.45, 7) is 6.29. The molecule has 106 valence electrons. The minimum atomic E-state index is 0.430. The van der Waals surface area contributed by atoms with Gasteiger partial charge in [0.1, 0.15) is 0 Å². The van der Waals surface area contributed by atoms with Crippen molar-refractivity contribution in [2.75, 3.05) is 31.6 Å². The maximum absolute atomic E-state index is 5.43. The first-order valence-corrected chi connectivity index (χ1v) is 7.26. The zero-order valence-corrected chi connectivity index (χ0v) is 12.1. The summed E-state index contributed by atoms with van der Waals surface area (Å²) in [4.78, 5) is 6.72. The summed E-state index contributed by atoms with van der Waals surface area (Å²) in [5.41, 5.74) is 2.62. The van der Waals surface area contributed by atoms with Crippen LogP contribution in [-0.4, -0.2) is 37.8 Å². The largest absolute Gasteiger partial charge is 0.381 e. The van der Waals surface area contributed by atoms with Gasteiger partial charge in [0.05, 0.1) is 6.10 Å². The van der Waals surface area contributed by atoms with Gasteiger partial charge in [-0.3, -0.25) is 4.98 Å². The molecule has 1 fully saturated rings. The van der Waals surface area contributed by atoms with E-state index in [1.165, 1.54) is 11.3 Å². The Morgan fingerprint density at radius 1 is 1.42 bits per heavy atom. The number of rotatable bonds is 6. The lowest BCUT2D eigenvalue weighted by molar-refractivity contribution is 0.0819. The fourth-order valence-corrected chi connectivity index (χ4v) is 2.60. The molecule has 0 aromatic carbocycles. The average molecular weight is 263 g/mol. The molecule has 2 rings (SSSR count). The van der Waals surface area contributed by atoms with Crippen LogP contribution in [0.2, 0.25) is 0 Å². The van der Waals surface area contributed by atoms with Crippen LogP contribution >= 0.6 is 0 Å². The molecular weight excluding hydrogens is 238 g/mol. The Balaban J connectivity index is 1.99. The maximum atomic E-state index is 5.43. The van der Waals surface area contributed by atoms with Gasteiger partial charge < -0.3 is 15.0 Å². The molecule has 2 heterocycles. The predicted octanol–water partition coefficient (Wildman–Crippen LogP) is 2.20. The molecule has 1 N–H and O–H groups in total. The lowest BCUT2D eigenvalue weighted by atomic mass is 10.1. The summed E-state index contributed by atoms with van der Waals surface area (Å²) >= 11 is 0. The van der Waals surface area contributed by atoms with E-state index in [0.717, 1.165) is 45.4 Å². The number of hydrogen-bond donors (Lipinski definition) is 1. The van der Waals surface area contributed by atoms with Crippen LogP contribution in [0.3, 0.4) is 0 Å². The number of piperidine rings is 1. The monoisotopic (exact) mass is 263 g/mol. The Bertz CT molecular complexity index is 375. The Morgan fingerprint density at radius 3 is 2.89 bits per heavy atom. The first-order chi connectivity index (χ1) is 9.35. The van der Waals surface area contributed by atoms with Crippen LogP contribution in [-0.2, 0) is 11.3 Å². The molecule has 1 saturated heterocycles. The minimum absolute atomic E-state index is 0.430. The van der Waals surface area contributed by atoms with Crippen LogP contribution in [0.4, 0.5) is 5.69 Å². The van der Waals surface area contributed by atoms with Crippen LogP contribution in [0.5, 0.6) is 0 Å². The summed E-state index contributed by atoms with van der Waals surface area (Å²) in [5.74, 6) is 0. The highest BCUT2D eigenvalue weighted by Crippen LogP contribution is 2.24. The van der Waals surface area contributed by atoms with Gasteiger partial charge in [-0.2, -0.15) is 0 Å². The Morgan fingerprint density at radius 2 is 2.21 bits per heavy atom. The number of nitrogens with one attached hydrogen (secondary N) is 1. The molecule has 0 aliphatic carbocycles. The van der Waals surface area contributed by atoms with Crippen molar-refractivity contribution in [3.8, 4) is 0 Å². The number of methoxy groups -OCH3 is 1. The molecule has 1 aliphatic rings. The number of nitrogens with zero attached hydrogens (tertiary/aromatic N) is 2. The van der Waals surface area contributed by atoms with Gasteiger partial charge in [0.25, 0.3) is 0 Å². The summed E-state index contributed by atoms with van der Waals surface area (Å²) in [7, 11) is 1.81. The van der Waals surface area contributed by atoms with Crippen LogP contribution in [0.1, 0.15) is 31.7 Å². The number of aromatic nitrogens is 1. The van der Waals surface area contributed by atoms with Crippen molar-refractivity contribution in [1.29, 1.82) is 0 Å². The van der Waals surface area contributed by atoms with Crippen LogP contribution < -0.4 is 10.2 Å². The zero-order valence-electron chi connectivity index (χ0n) is 12.1. The van der Waals surface area contributed by atoms with E-state index in [9.17, 15) is 0 Å². The normalized spacial score (nSPS) is 16.8. The molecule has 19 heavy (non-hydrogen) atoms. The zero-order chi connectivity index (χ0) is 13.5. The molecule has 1 aromatic rings. The van der Waals surface area contributed by atoms with Crippen molar-refractivity contribution < 1.29 is 4.74 Å². The summed E-state index contributed by atoms with van der Waals surface area (Å²) in [5, 5.41) is 3.46. The SMILES string of the molecule is CCCNCc1cnccc1N1CCC(OC)CC1. The van der Waals surface area contributed by atoms with Crippen molar-refractivity contribution >= 4 is 5.69 Å². The first-order valence-electron chi connectivity index (χ1n) is 7.26. The average Bonchev–Trinajstić information content (AvgIpc) is 2.48. The molecule has 0 atom stereocenters. The molecule has 4 heteroatoms. The van der Waals surface area contributed by atoms with Gasteiger partial charge in [0.2, 0.25) is 0 Å². The predicted molar refractivity (Wildman–Crippen MR) is 78.5 cm³/mol. The van der Waals surface area contributed by atoms with Gasteiger partial charge >= 0.3 is 0 Å². The highest BCUT2D eigenvalue weighted by Gasteiger charge is 2.20. The number of ether oxygens (including phenoxy) is 1. The van der Waals surface area contributed by atoms with Gasteiger partial charge in [0, 0.05) is 50.4 Å². The molecule has 1 aromatic heterocycles. The highest BCUT2D eigenvalue weighted by molar-refractivity contribution is 5.52. The van der Waals surface area contributed by atoms with Crippen LogP contribution in [0.15, 0.2) is 18.5 Å². The standard InChI is InChI=1S/C15H25N3O/c1-3-7-16-11-13-12-17-8-4-15(13)18-9-5-14(19-2)6-10-18/h4,8,12,14,16H,3,5-7,9-11H2,1-2H3. The third-order valence-electron chi connectivity index (χ3n) is 3.74. The van der Waals surface area contributed by atoms with E-state index in [1.54, 1.807) is 0 Å². The van der Waals surface area contributed by atoms with Crippen molar-refractivity contribution in [1.82, 2.24) is 10.3 Å². The molecular formula is C15H25N3O. The second-order valence-corrected chi connectivity index (χ2v) is 5.10. The van der Waals surface area contributed by atoms with Gasteiger partial charge in [-0.15, -0.1) is 0 Å². The smallest absolute Gasteiger partial charge is 0.0605 e. The lowest BCUT2D eigenvalue weighted by Gasteiger charge is -2.34. The fourth-order valence-electron chi connectivity index (χ4n) is 2.60. The fraction of sp³-hybridized carbons (Fsp3) is 0.667. The number of anilines is 1. The molecule has 1 aliphatic heterocycles. The van der Waals surface area contributed by atoms with Crippen LogP contribution in [0, 0.1) is 0 Å². The van der Waals surface area contributed by atoms with E-state index in [0.29, 0.717) is 6.10 Å². The highest BCUT2D eigenvalue weighted by atomic mass is 16.5. The molecule has 0 spiro atoms. The van der Waals surface area contributed by atoms with Crippen molar-refractivity contribution in [3.63, 3.8) is 0 Å². The first kappa shape index (κ1) is 14.3. The summed E-state index contributed by atoms with van der Waals surface area (Å²) < 4.78 is 5.43. The Kier molecular flexibility index (Phi) is 5.61. The third-order valence-corrected chi connectivity index (χ3v) is 3.74. The molecule has 0 unspecified atom stereocenters. The Hall–Kier alpha value is -1.13. The Labute approximate surface area is 116 Å². The number of pyridine rings is 1. The van der Waals surface area contributed by atoms with Crippen LogP contribution in [0.25, 0.3) is 0 Å². The third kappa shape index (κ3) is 3.91. The minimum Gasteiger partial charge on any atom is -0.381 e. The lowest BCUT2D eigenvalue weighted by Crippen LogP contribution is -2.37. The van der Waals surface area contributed by atoms with E-state index in [-0.39, 0.29) is 0 Å². The van der Waals surface area contributed by atoms with E-state index < -0.39 is 0 Å². The molecule has 0 amide bonds. The van der Waals surface area contributed by atoms with E-state index in [4.69, 9.17) is 4.74 Å². The second-order valence-electron chi connectivity index (χ2n) is 5.10. The second kappa shape index (κ2) is 7.46. The van der Waals surface area contributed by atoms with Crippen molar-refractivity contribution in [3.05, 3.63) is 24.0 Å². The summed E-state index contributed by atoms with van der Waals surface area (Å²) in [6, 6.07) is 2.14. The van der Waals surface area contributed by atoms with E-state index in [1.807, 2.05) is 19.5 Å². The molecule has 0 radical (unpaired) electrons. The van der Waals surface area contributed by atoms with E-state index in [2.05, 4.69) is 28.2 Å².